The van der Waals surface area contributed by atoms with Crippen molar-refractivity contribution in [2.75, 3.05) is 13.2 Å². The lowest BCUT2D eigenvalue weighted by atomic mass is 9.88. The summed E-state index contributed by atoms with van der Waals surface area (Å²) in [5.41, 5.74) is 8.23. The van der Waals surface area contributed by atoms with E-state index in [4.69, 9.17) is 10.5 Å². The maximum Gasteiger partial charge on any atom is 0.0882 e. The van der Waals surface area contributed by atoms with E-state index in [0.29, 0.717) is 12.5 Å². The number of nitrogens with two attached hydrogens (primary N) is 1. The Kier molecular flexibility index (Phi) is 3.34. The van der Waals surface area contributed by atoms with E-state index in [1.54, 1.807) is 0 Å². The largest absolute Gasteiger partial charge is 0.373 e. The van der Waals surface area contributed by atoms with Crippen molar-refractivity contribution in [3.8, 4) is 0 Å². The molecular formula is C12H18N2O. The van der Waals surface area contributed by atoms with Crippen LogP contribution < -0.4 is 5.73 Å². The molecule has 1 fully saturated rings. The van der Waals surface area contributed by atoms with Crippen molar-refractivity contribution in [2.45, 2.75) is 25.9 Å². The Morgan fingerprint density at radius 2 is 2.47 bits per heavy atom. The Bertz CT molecular complexity index is 327. The summed E-state index contributed by atoms with van der Waals surface area (Å²) in [7, 11) is 0. The predicted molar refractivity (Wildman–Crippen MR) is 59.4 cm³/mol. The molecule has 2 atom stereocenters. The van der Waals surface area contributed by atoms with Crippen LogP contribution in [-0.4, -0.2) is 18.1 Å². The minimum Gasteiger partial charge on any atom is -0.373 e. The normalized spacial score (nSPS) is 26.5. The SMILES string of the molecule is Cc1ccncc1C1OCCCC1CN. The molecule has 0 aromatic carbocycles. The molecule has 1 aromatic heterocycles. The van der Waals surface area contributed by atoms with Crippen LogP contribution >= 0.6 is 0 Å². The number of hydrogen-bond donors (Lipinski definition) is 1. The zero-order chi connectivity index (χ0) is 10.7. The highest BCUT2D eigenvalue weighted by Crippen LogP contribution is 2.33. The van der Waals surface area contributed by atoms with Gasteiger partial charge in [0.05, 0.1) is 6.10 Å². The highest BCUT2D eigenvalue weighted by Gasteiger charge is 2.27. The van der Waals surface area contributed by atoms with Crippen molar-refractivity contribution in [3.05, 3.63) is 29.6 Å². The van der Waals surface area contributed by atoms with Gasteiger partial charge < -0.3 is 10.5 Å². The number of rotatable bonds is 2. The lowest BCUT2D eigenvalue weighted by molar-refractivity contribution is -0.0256. The Balaban J connectivity index is 2.24. The fourth-order valence-corrected chi connectivity index (χ4v) is 2.20. The van der Waals surface area contributed by atoms with E-state index in [1.807, 2.05) is 18.5 Å². The molecule has 2 N–H and O–H groups in total. The van der Waals surface area contributed by atoms with Gasteiger partial charge in [0.25, 0.3) is 0 Å². The number of ether oxygens (including phenoxy) is 1. The van der Waals surface area contributed by atoms with Crippen LogP contribution in [0, 0.1) is 12.8 Å². The third-order valence-corrected chi connectivity index (χ3v) is 3.13. The first-order valence-electron chi connectivity index (χ1n) is 5.55. The molecule has 1 aromatic rings. The lowest BCUT2D eigenvalue weighted by Crippen LogP contribution is -2.29. The Morgan fingerprint density at radius 1 is 1.60 bits per heavy atom. The molecule has 3 heteroatoms. The second-order valence-electron chi connectivity index (χ2n) is 4.16. The van der Waals surface area contributed by atoms with Gasteiger partial charge in [0, 0.05) is 30.5 Å². The van der Waals surface area contributed by atoms with Crippen LogP contribution in [0.3, 0.4) is 0 Å². The standard InChI is InChI=1S/C12H18N2O/c1-9-4-5-14-8-11(9)12-10(7-13)3-2-6-15-12/h4-5,8,10,12H,2-3,6-7,13H2,1H3. The van der Waals surface area contributed by atoms with E-state index in [-0.39, 0.29) is 6.10 Å². The molecule has 15 heavy (non-hydrogen) atoms. The Morgan fingerprint density at radius 3 is 3.20 bits per heavy atom. The predicted octanol–water partition coefficient (Wildman–Crippen LogP) is 1.82. The zero-order valence-electron chi connectivity index (χ0n) is 9.15. The van der Waals surface area contributed by atoms with Gasteiger partial charge in [-0.25, -0.2) is 0 Å². The summed E-state index contributed by atoms with van der Waals surface area (Å²) in [6.45, 7) is 3.64. The van der Waals surface area contributed by atoms with Crippen LogP contribution in [0.15, 0.2) is 18.5 Å². The van der Waals surface area contributed by atoms with Gasteiger partial charge in [0.2, 0.25) is 0 Å². The first-order valence-corrected chi connectivity index (χ1v) is 5.55. The Hall–Kier alpha value is -0.930. The van der Waals surface area contributed by atoms with Crippen molar-refractivity contribution in [2.24, 2.45) is 11.7 Å². The van der Waals surface area contributed by atoms with Gasteiger partial charge in [-0.2, -0.15) is 0 Å². The molecule has 3 nitrogen and oxygen atoms in total. The van der Waals surface area contributed by atoms with Crippen LogP contribution in [0.1, 0.15) is 30.1 Å². The lowest BCUT2D eigenvalue weighted by Gasteiger charge is -2.31. The second-order valence-corrected chi connectivity index (χ2v) is 4.16. The van der Waals surface area contributed by atoms with Crippen LogP contribution in [-0.2, 0) is 4.74 Å². The number of aromatic nitrogens is 1. The van der Waals surface area contributed by atoms with Crippen LogP contribution in [0.25, 0.3) is 0 Å². The third-order valence-electron chi connectivity index (χ3n) is 3.13. The molecule has 0 saturated carbocycles. The van der Waals surface area contributed by atoms with Crippen molar-refractivity contribution >= 4 is 0 Å². The number of aryl methyl sites for hydroxylation is 1. The van der Waals surface area contributed by atoms with E-state index >= 15 is 0 Å². The van der Waals surface area contributed by atoms with Gasteiger partial charge in [0.15, 0.2) is 0 Å². The summed E-state index contributed by atoms with van der Waals surface area (Å²) in [4.78, 5) is 4.17. The number of pyridine rings is 1. The maximum absolute atomic E-state index is 5.83. The highest BCUT2D eigenvalue weighted by molar-refractivity contribution is 5.25. The fraction of sp³-hybridized carbons (Fsp3) is 0.583. The Labute approximate surface area is 90.7 Å². The minimum absolute atomic E-state index is 0.150. The maximum atomic E-state index is 5.83. The molecule has 0 bridgehead atoms. The average molecular weight is 206 g/mol. The molecule has 82 valence electrons. The molecule has 0 aliphatic carbocycles. The molecule has 2 heterocycles. The van der Waals surface area contributed by atoms with Crippen molar-refractivity contribution in [3.63, 3.8) is 0 Å². The minimum atomic E-state index is 0.150. The summed E-state index contributed by atoms with van der Waals surface area (Å²) < 4.78 is 5.83. The monoisotopic (exact) mass is 206 g/mol. The molecule has 0 spiro atoms. The summed E-state index contributed by atoms with van der Waals surface area (Å²) >= 11 is 0. The molecule has 0 amide bonds. The van der Waals surface area contributed by atoms with Gasteiger partial charge in [0.1, 0.15) is 0 Å². The van der Waals surface area contributed by atoms with E-state index in [1.165, 1.54) is 11.1 Å². The van der Waals surface area contributed by atoms with Gasteiger partial charge in [-0.3, -0.25) is 4.98 Å². The summed E-state index contributed by atoms with van der Waals surface area (Å²) in [6.07, 6.45) is 6.16. The van der Waals surface area contributed by atoms with Crippen molar-refractivity contribution < 1.29 is 4.74 Å². The van der Waals surface area contributed by atoms with Gasteiger partial charge in [-0.05, 0) is 37.9 Å². The van der Waals surface area contributed by atoms with E-state index < -0.39 is 0 Å². The van der Waals surface area contributed by atoms with E-state index in [0.717, 1.165) is 19.4 Å². The number of nitrogens with zero attached hydrogens (tertiary/aromatic N) is 1. The summed E-state index contributed by atoms with van der Waals surface area (Å²) in [5, 5.41) is 0. The first kappa shape index (κ1) is 10.6. The van der Waals surface area contributed by atoms with Gasteiger partial charge >= 0.3 is 0 Å². The third kappa shape index (κ3) is 2.19. The molecule has 2 rings (SSSR count). The van der Waals surface area contributed by atoms with Crippen LogP contribution in [0.5, 0.6) is 0 Å². The van der Waals surface area contributed by atoms with Crippen LogP contribution in [0.2, 0.25) is 0 Å². The summed E-state index contributed by atoms with van der Waals surface area (Å²) in [6, 6.07) is 2.03. The molecule has 1 saturated heterocycles. The molecule has 0 radical (unpaired) electrons. The zero-order valence-corrected chi connectivity index (χ0v) is 9.15. The molecular weight excluding hydrogens is 188 g/mol. The van der Waals surface area contributed by atoms with E-state index in [2.05, 4.69) is 11.9 Å². The van der Waals surface area contributed by atoms with Gasteiger partial charge in [-0.15, -0.1) is 0 Å². The second kappa shape index (κ2) is 4.73. The fourth-order valence-electron chi connectivity index (χ4n) is 2.20. The molecule has 1 aliphatic heterocycles. The molecule has 2 unspecified atom stereocenters. The van der Waals surface area contributed by atoms with Crippen LogP contribution in [0.4, 0.5) is 0 Å². The smallest absolute Gasteiger partial charge is 0.0882 e. The highest BCUT2D eigenvalue weighted by atomic mass is 16.5. The van der Waals surface area contributed by atoms with E-state index in [9.17, 15) is 0 Å². The average Bonchev–Trinajstić information content (AvgIpc) is 2.30. The molecule has 1 aliphatic rings. The van der Waals surface area contributed by atoms with Gasteiger partial charge in [-0.1, -0.05) is 0 Å². The topological polar surface area (TPSA) is 48.1 Å². The van der Waals surface area contributed by atoms with Crippen molar-refractivity contribution in [1.82, 2.24) is 4.98 Å². The number of hydrogen-bond acceptors (Lipinski definition) is 3. The summed E-state index contributed by atoms with van der Waals surface area (Å²) in [5.74, 6) is 0.446. The first-order chi connectivity index (χ1) is 7.33. The van der Waals surface area contributed by atoms with Crippen molar-refractivity contribution in [1.29, 1.82) is 0 Å². The quantitative estimate of drug-likeness (QED) is 0.803.